The van der Waals surface area contributed by atoms with Gasteiger partial charge in [0.05, 0.1) is 27.8 Å². The molecule has 0 unspecified atom stereocenters. The third-order valence-electron chi connectivity index (χ3n) is 3.56. The highest BCUT2D eigenvalue weighted by Gasteiger charge is 2.40. The molecule has 0 saturated carbocycles. The third-order valence-corrected chi connectivity index (χ3v) is 4.64. The Morgan fingerprint density at radius 2 is 1.54 bits per heavy atom. The first-order valence-electron chi connectivity index (χ1n) is 6.90. The van der Waals surface area contributed by atoms with E-state index in [1.54, 1.807) is 24.3 Å². The molecule has 8 heteroatoms. The highest BCUT2D eigenvalue weighted by molar-refractivity contribution is 6.39. The number of nitrogens with zero attached hydrogens (tertiary/aromatic N) is 1. The quantitative estimate of drug-likeness (QED) is 0.730. The average Bonchev–Trinajstić information content (AvgIpc) is 2.77. The minimum Gasteiger partial charge on any atom is -0.372 e. The second-order valence-corrected chi connectivity index (χ2v) is 6.88. The van der Waals surface area contributed by atoms with E-state index in [9.17, 15) is 9.59 Å². The summed E-state index contributed by atoms with van der Waals surface area (Å²) in [5.74, 6) is -0.762. The van der Waals surface area contributed by atoms with E-state index in [4.69, 9.17) is 46.4 Å². The first kappa shape index (κ1) is 17.4. The molecular weight excluding hydrogens is 394 g/mol. The van der Waals surface area contributed by atoms with Crippen molar-refractivity contribution in [3.8, 4) is 0 Å². The molecule has 1 aliphatic heterocycles. The van der Waals surface area contributed by atoms with E-state index < -0.39 is 11.9 Å². The molecule has 1 atom stereocenters. The van der Waals surface area contributed by atoms with Crippen LogP contribution in [0, 0.1) is 0 Å². The minimum absolute atomic E-state index is 0.00323. The van der Waals surface area contributed by atoms with Crippen molar-refractivity contribution < 1.29 is 9.59 Å². The number of amides is 2. The number of carbonyl (C=O) groups excluding carboxylic acids is 2. The predicted molar refractivity (Wildman–Crippen MR) is 97.4 cm³/mol. The van der Waals surface area contributed by atoms with Crippen molar-refractivity contribution in [1.29, 1.82) is 0 Å². The Hall–Kier alpha value is -1.46. The summed E-state index contributed by atoms with van der Waals surface area (Å²) in [6.45, 7) is 0. The lowest BCUT2D eigenvalue weighted by Gasteiger charge is -2.18. The fraction of sp³-hybridized carbons (Fsp3) is 0.125. The van der Waals surface area contributed by atoms with Crippen LogP contribution in [-0.2, 0) is 9.59 Å². The van der Waals surface area contributed by atoms with Gasteiger partial charge in [-0.3, -0.25) is 9.59 Å². The minimum atomic E-state index is -0.733. The average molecular weight is 404 g/mol. The van der Waals surface area contributed by atoms with Crippen LogP contribution in [0.15, 0.2) is 36.4 Å². The Morgan fingerprint density at radius 1 is 0.917 bits per heavy atom. The van der Waals surface area contributed by atoms with Crippen molar-refractivity contribution >= 4 is 69.6 Å². The first-order chi connectivity index (χ1) is 11.4. The summed E-state index contributed by atoms with van der Waals surface area (Å²) in [6.07, 6.45) is -0.00323. The van der Waals surface area contributed by atoms with Gasteiger partial charge in [-0.2, -0.15) is 0 Å². The van der Waals surface area contributed by atoms with Crippen molar-refractivity contribution in [2.75, 3.05) is 10.2 Å². The molecule has 1 fully saturated rings. The molecule has 1 heterocycles. The Morgan fingerprint density at radius 3 is 2.17 bits per heavy atom. The van der Waals surface area contributed by atoms with Crippen LogP contribution in [0.25, 0.3) is 0 Å². The SMILES string of the molecule is O=C1C[C@H](Nc2ccc(Cl)cc2Cl)C(=O)N1c1ccc(Cl)cc1Cl. The van der Waals surface area contributed by atoms with Crippen LogP contribution in [0.3, 0.4) is 0 Å². The fourth-order valence-electron chi connectivity index (χ4n) is 2.45. The predicted octanol–water partition coefficient (Wildman–Crippen LogP) is 5.04. The molecule has 0 aromatic heterocycles. The Kier molecular flexibility index (Phi) is 4.92. The summed E-state index contributed by atoms with van der Waals surface area (Å²) < 4.78 is 0. The number of hydrogen-bond donors (Lipinski definition) is 1. The van der Waals surface area contributed by atoms with Crippen molar-refractivity contribution in [3.63, 3.8) is 0 Å². The van der Waals surface area contributed by atoms with Gasteiger partial charge in [0.15, 0.2) is 0 Å². The van der Waals surface area contributed by atoms with E-state index in [0.717, 1.165) is 4.90 Å². The number of carbonyl (C=O) groups is 2. The maximum Gasteiger partial charge on any atom is 0.256 e. The Balaban J connectivity index is 1.86. The molecule has 1 N–H and O–H groups in total. The van der Waals surface area contributed by atoms with Gasteiger partial charge < -0.3 is 5.32 Å². The lowest BCUT2D eigenvalue weighted by molar-refractivity contribution is -0.121. The highest BCUT2D eigenvalue weighted by Crippen LogP contribution is 2.34. The maximum absolute atomic E-state index is 12.6. The molecule has 2 aromatic rings. The second kappa shape index (κ2) is 6.81. The van der Waals surface area contributed by atoms with E-state index in [1.165, 1.54) is 12.1 Å². The highest BCUT2D eigenvalue weighted by atomic mass is 35.5. The standard InChI is InChI=1S/C16H10Cl4N2O2/c17-8-1-3-12(10(19)5-8)21-13-7-15(23)22(16(13)24)14-4-2-9(18)6-11(14)20/h1-6,13,21H,7H2/t13-/m0/s1. The van der Waals surface area contributed by atoms with Crippen LogP contribution in [0.1, 0.15) is 6.42 Å². The molecule has 0 bridgehead atoms. The number of benzene rings is 2. The lowest BCUT2D eigenvalue weighted by Crippen LogP contribution is -2.35. The smallest absolute Gasteiger partial charge is 0.256 e. The van der Waals surface area contributed by atoms with Gasteiger partial charge in [0, 0.05) is 10.0 Å². The van der Waals surface area contributed by atoms with E-state index in [-0.39, 0.29) is 17.4 Å². The number of anilines is 2. The van der Waals surface area contributed by atoms with Crippen LogP contribution in [-0.4, -0.2) is 17.9 Å². The molecule has 1 saturated heterocycles. The molecule has 2 amide bonds. The lowest BCUT2D eigenvalue weighted by atomic mass is 10.2. The fourth-order valence-corrected chi connectivity index (χ4v) is 3.41. The molecular formula is C16H10Cl4N2O2. The van der Waals surface area contributed by atoms with Gasteiger partial charge in [0.2, 0.25) is 5.91 Å². The van der Waals surface area contributed by atoms with Gasteiger partial charge >= 0.3 is 0 Å². The van der Waals surface area contributed by atoms with Crippen LogP contribution < -0.4 is 10.2 Å². The van der Waals surface area contributed by atoms with E-state index in [1.807, 2.05) is 0 Å². The summed E-state index contributed by atoms with van der Waals surface area (Å²) in [6, 6.07) is 8.71. The zero-order valence-corrected chi connectivity index (χ0v) is 15.0. The molecule has 124 valence electrons. The zero-order valence-electron chi connectivity index (χ0n) is 12.0. The van der Waals surface area contributed by atoms with Crippen LogP contribution in [0.4, 0.5) is 11.4 Å². The Bertz CT molecular complexity index is 841. The largest absolute Gasteiger partial charge is 0.372 e. The summed E-state index contributed by atoms with van der Waals surface area (Å²) >= 11 is 23.9. The molecule has 24 heavy (non-hydrogen) atoms. The van der Waals surface area contributed by atoms with Gasteiger partial charge in [-0.25, -0.2) is 4.90 Å². The van der Waals surface area contributed by atoms with Gasteiger partial charge in [0.1, 0.15) is 6.04 Å². The third kappa shape index (κ3) is 3.33. The monoisotopic (exact) mass is 402 g/mol. The first-order valence-corrected chi connectivity index (χ1v) is 8.41. The summed E-state index contributed by atoms with van der Waals surface area (Å²) in [4.78, 5) is 26.0. The van der Waals surface area contributed by atoms with Gasteiger partial charge in [-0.15, -0.1) is 0 Å². The van der Waals surface area contributed by atoms with Gasteiger partial charge in [0.25, 0.3) is 5.91 Å². The maximum atomic E-state index is 12.6. The van der Waals surface area contributed by atoms with E-state index in [0.29, 0.717) is 26.4 Å². The van der Waals surface area contributed by atoms with Crippen LogP contribution >= 0.6 is 46.4 Å². The summed E-state index contributed by atoms with van der Waals surface area (Å²) in [5.41, 5.74) is 0.832. The van der Waals surface area contributed by atoms with Gasteiger partial charge in [-0.1, -0.05) is 46.4 Å². The second-order valence-electron chi connectivity index (χ2n) is 5.19. The molecule has 4 nitrogen and oxygen atoms in total. The van der Waals surface area contributed by atoms with Crippen LogP contribution in [0.2, 0.25) is 20.1 Å². The number of hydrogen-bond acceptors (Lipinski definition) is 3. The number of rotatable bonds is 3. The van der Waals surface area contributed by atoms with Crippen molar-refractivity contribution in [2.24, 2.45) is 0 Å². The molecule has 0 spiro atoms. The number of imide groups is 1. The molecule has 0 radical (unpaired) electrons. The zero-order chi connectivity index (χ0) is 17.4. The van der Waals surface area contributed by atoms with Crippen molar-refractivity contribution in [2.45, 2.75) is 12.5 Å². The molecule has 2 aromatic carbocycles. The summed E-state index contributed by atoms with van der Waals surface area (Å²) in [7, 11) is 0. The normalized spacial score (nSPS) is 17.5. The number of halogens is 4. The Labute approximate surface area is 158 Å². The van der Waals surface area contributed by atoms with Crippen LogP contribution in [0.5, 0.6) is 0 Å². The molecule has 1 aliphatic rings. The van der Waals surface area contributed by atoms with Gasteiger partial charge in [-0.05, 0) is 36.4 Å². The summed E-state index contributed by atoms with van der Waals surface area (Å²) in [5, 5.41) is 4.47. The molecule has 0 aliphatic carbocycles. The molecule has 3 rings (SSSR count). The van der Waals surface area contributed by atoms with Crippen molar-refractivity contribution in [3.05, 3.63) is 56.5 Å². The van der Waals surface area contributed by atoms with Crippen molar-refractivity contribution in [1.82, 2.24) is 0 Å². The topological polar surface area (TPSA) is 49.4 Å². The van der Waals surface area contributed by atoms with E-state index >= 15 is 0 Å². The number of nitrogens with one attached hydrogen (secondary N) is 1. The van der Waals surface area contributed by atoms with E-state index in [2.05, 4.69) is 5.32 Å².